The number of nitrogens with zero attached hydrogens (tertiary/aromatic N) is 1. The molecular weight excluding hydrogens is 178 g/mol. The average molecular weight is 193 g/mol. The van der Waals surface area contributed by atoms with Crippen LogP contribution in [0.5, 0.6) is 0 Å². The molecule has 0 spiro atoms. The Labute approximate surface area is 84.1 Å². The number of ether oxygens (including phenoxy) is 1. The molecular formula is C11H15NO2. The van der Waals surface area contributed by atoms with Crippen LogP contribution >= 0.6 is 0 Å². The lowest BCUT2D eigenvalue weighted by Crippen LogP contribution is -1.96. The van der Waals surface area contributed by atoms with Gasteiger partial charge in [0.2, 0.25) is 0 Å². The quantitative estimate of drug-likeness (QED) is 0.493. The highest BCUT2D eigenvalue weighted by Gasteiger charge is 1.92. The molecule has 0 aliphatic heterocycles. The molecule has 0 amide bonds. The summed E-state index contributed by atoms with van der Waals surface area (Å²) < 4.78 is 5.42. The molecule has 0 heterocycles. The predicted octanol–water partition coefficient (Wildman–Crippen LogP) is 2.75. The van der Waals surface area contributed by atoms with Crippen molar-refractivity contribution >= 4 is 0 Å². The minimum atomic E-state index is 0.398. The van der Waals surface area contributed by atoms with Crippen LogP contribution in [-0.2, 0) is 11.3 Å². The first-order valence-electron chi connectivity index (χ1n) is 4.84. The second kappa shape index (κ2) is 7.21. The van der Waals surface area contributed by atoms with Crippen molar-refractivity contribution < 1.29 is 4.74 Å². The molecule has 0 saturated heterocycles. The summed E-state index contributed by atoms with van der Waals surface area (Å²) >= 11 is 0. The summed E-state index contributed by atoms with van der Waals surface area (Å²) in [7, 11) is 0. The third-order valence-corrected chi connectivity index (χ3v) is 1.90. The first kappa shape index (κ1) is 10.9. The largest absolute Gasteiger partial charge is 0.377 e. The van der Waals surface area contributed by atoms with Crippen molar-refractivity contribution in [2.75, 3.05) is 13.2 Å². The molecule has 0 aromatic heterocycles. The van der Waals surface area contributed by atoms with E-state index in [1.807, 2.05) is 30.3 Å². The fourth-order valence-electron chi connectivity index (χ4n) is 1.14. The second-order valence-corrected chi connectivity index (χ2v) is 3.10. The summed E-state index contributed by atoms with van der Waals surface area (Å²) in [6.07, 6.45) is 1.72. The van der Waals surface area contributed by atoms with E-state index in [4.69, 9.17) is 4.74 Å². The summed E-state index contributed by atoms with van der Waals surface area (Å²) in [5.74, 6) is 0. The van der Waals surface area contributed by atoms with Gasteiger partial charge in [0.1, 0.15) is 0 Å². The van der Waals surface area contributed by atoms with E-state index in [2.05, 4.69) is 5.18 Å². The molecule has 1 aromatic rings. The third-order valence-electron chi connectivity index (χ3n) is 1.90. The maximum absolute atomic E-state index is 9.77. The Balaban J connectivity index is 2.02. The molecule has 1 aromatic carbocycles. The zero-order valence-corrected chi connectivity index (χ0v) is 8.19. The molecule has 0 aliphatic carbocycles. The molecule has 0 N–H and O–H groups in total. The van der Waals surface area contributed by atoms with Crippen molar-refractivity contribution in [3.05, 3.63) is 40.8 Å². The van der Waals surface area contributed by atoms with Gasteiger partial charge in [0, 0.05) is 6.61 Å². The van der Waals surface area contributed by atoms with Gasteiger partial charge in [-0.3, -0.25) is 0 Å². The van der Waals surface area contributed by atoms with E-state index >= 15 is 0 Å². The van der Waals surface area contributed by atoms with Gasteiger partial charge < -0.3 is 4.74 Å². The predicted molar refractivity (Wildman–Crippen MR) is 56.0 cm³/mol. The molecule has 0 radical (unpaired) electrons. The zero-order chi connectivity index (χ0) is 10.1. The number of benzene rings is 1. The van der Waals surface area contributed by atoms with Crippen molar-refractivity contribution in [3.8, 4) is 0 Å². The minimum absolute atomic E-state index is 0.398. The fourth-order valence-corrected chi connectivity index (χ4v) is 1.14. The van der Waals surface area contributed by atoms with Crippen LogP contribution in [0, 0.1) is 4.91 Å². The highest BCUT2D eigenvalue weighted by Crippen LogP contribution is 2.01. The summed E-state index contributed by atoms with van der Waals surface area (Å²) in [5.41, 5.74) is 1.18. The molecule has 0 saturated carbocycles. The molecule has 0 fully saturated rings. The van der Waals surface area contributed by atoms with E-state index in [0.717, 1.165) is 12.8 Å². The van der Waals surface area contributed by atoms with Crippen LogP contribution < -0.4 is 0 Å². The van der Waals surface area contributed by atoms with Gasteiger partial charge >= 0.3 is 0 Å². The van der Waals surface area contributed by atoms with Crippen LogP contribution in [0.1, 0.15) is 18.4 Å². The van der Waals surface area contributed by atoms with Gasteiger partial charge in [0.05, 0.1) is 13.2 Å². The minimum Gasteiger partial charge on any atom is -0.377 e. The maximum atomic E-state index is 9.77. The topological polar surface area (TPSA) is 38.7 Å². The molecule has 0 unspecified atom stereocenters. The van der Waals surface area contributed by atoms with Crippen molar-refractivity contribution in [2.45, 2.75) is 19.4 Å². The van der Waals surface area contributed by atoms with Crippen molar-refractivity contribution in [1.29, 1.82) is 0 Å². The standard InChI is InChI=1S/C11H15NO2/c13-12-8-4-5-9-14-10-11-6-2-1-3-7-11/h1-3,6-7H,4-5,8-10H2. The Morgan fingerprint density at radius 3 is 2.64 bits per heavy atom. The van der Waals surface area contributed by atoms with Crippen LogP contribution in [0.15, 0.2) is 35.5 Å². The van der Waals surface area contributed by atoms with Gasteiger partial charge in [-0.15, -0.1) is 0 Å². The van der Waals surface area contributed by atoms with Gasteiger partial charge in [-0.25, -0.2) is 0 Å². The Morgan fingerprint density at radius 2 is 1.93 bits per heavy atom. The van der Waals surface area contributed by atoms with Crippen LogP contribution in [0.2, 0.25) is 0 Å². The molecule has 76 valence electrons. The number of nitroso groups, excluding NO2 is 1. The highest BCUT2D eigenvalue weighted by atomic mass is 16.5. The first-order chi connectivity index (χ1) is 6.93. The van der Waals surface area contributed by atoms with Crippen LogP contribution in [-0.4, -0.2) is 13.2 Å². The van der Waals surface area contributed by atoms with Gasteiger partial charge in [-0.05, 0) is 18.4 Å². The molecule has 3 nitrogen and oxygen atoms in total. The Bertz CT molecular complexity index is 249. The lowest BCUT2D eigenvalue weighted by atomic mass is 10.2. The molecule has 0 atom stereocenters. The Hall–Kier alpha value is -1.22. The third kappa shape index (κ3) is 4.72. The number of hydrogen-bond donors (Lipinski definition) is 0. The summed E-state index contributed by atoms with van der Waals surface area (Å²) in [6, 6.07) is 10.0. The smallest absolute Gasteiger partial charge is 0.0812 e. The van der Waals surface area contributed by atoms with Crippen LogP contribution in [0.4, 0.5) is 0 Å². The average Bonchev–Trinajstić information content (AvgIpc) is 2.25. The highest BCUT2D eigenvalue weighted by molar-refractivity contribution is 5.13. The Kier molecular flexibility index (Phi) is 5.59. The summed E-state index contributed by atoms with van der Waals surface area (Å²) in [6.45, 7) is 1.74. The second-order valence-electron chi connectivity index (χ2n) is 3.10. The number of rotatable bonds is 7. The summed E-state index contributed by atoms with van der Waals surface area (Å²) in [4.78, 5) is 9.77. The van der Waals surface area contributed by atoms with E-state index in [0.29, 0.717) is 19.8 Å². The molecule has 0 bridgehead atoms. The van der Waals surface area contributed by atoms with Crippen molar-refractivity contribution in [2.24, 2.45) is 5.18 Å². The Morgan fingerprint density at radius 1 is 1.14 bits per heavy atom. The zero-order valence-electron chi connectivity index (χ0n) is 8.19. The van der Waals surface area contributed by atoms with E-state index in [9.17, 15) is 4.91 Å². The number of unbranched alkanes of at least 4 members (excludes halogenated alkanes) is 1. The van der Waals surface area contributed by atoms with Gasteiger partial charge in [0.15, 0.2) is 0 Å². The van der Waals surface area contributed by atoms with Crippen molar-refractivity contribution in [1.82, 2.24) is 0 Å². The lowest BCUT2D eigenvalue weighted by molar-refractivity contribution is 0.117. The van der Waals surface area contributed by atoms with E-state index in [-0.39, 0.29) is 0 Å². The summed E-state index contributed by atoms with van der Waals surface area (Å²) in [5, 5.41) is 2.79. The maximum Gasteiger partial charge on any atom is 0.0812 e. The fraction of sp³-hybridized carbons (Fsp3) is 0.455. The van der Waals surface area contributed by atoms with E-state index < -0.39 is 0 Å². The van der Waals surface area contributed by atoms with Crippen LogP contribution in [0.3, 0.4) is 0 Å². The first-order valence-corrected chi connectivity index (χ1v) is 4.84. The van der Waals surface area contributed by atoms with Gasteiger partial charge in [-0.2, -0.15) is 4.91 Å². The normalized spacial score (nSPS) is 10.0. The van der Waals surface area contributed by atoms with E-state index in [1.165, 1.54) is 5.56 Å². The lowest BCUT2D eigenvalue weighted by Gasteiger charge is -2.02. The van der Waals surface area contributed by atoms with Gasteiger partial charge in [-0.1, -0.05) is 35.5 Å². The molecule has 1 rings (SSSR count). The molecule has 3 heteroatoms. The van der Waals surface area contributed by atoms with Crippen LogP contribution in [0.25, 0.3) is 0 Å². The number of hydrogen-bond acceptors (Lipinski definition) is 3. The monoisotopic (exact) mass is 193 g/mol. The van der Waals surface area contributed by atoms with Crippen molar-refractivity contribution in [3.63, 3.8) is 0 Å². The molecule has 14 heavy (non-hydrogen) atoms. The van der Waals surface area contributed by atoms with E-state index in [1.54, 1.807) is 0 Å². The molecule has 0 aliphatic rings. The van der Waals surface area contributed by atoms with Gasteiger partial charge in [0.25, 0.3) is 0 Å². The SMILES string of the molecule is O=NCCCCOCc1ccccc1.